The minimum absolute atomic E-state index is 0.0889. The van der Waals surface area contributed by atoms with Crippen LogP contribution in [-0.2, 0) is 27.2 Å². The number of carbonyl (C=O) groups excluding carboxylic acids is 2. The van der Waals surface area contributed by atoms with Crippen LogP contribution in [0.1, 0.15) is 41.7 Å². The van der Waals surface area contributed by atoms with Crippen molar-refractivity contribution in [3.05, 3.63) is 51.5 Å². The van der Waals surface area contributed by atoms with Gasteiger partial charge in [-0.2, -0.15) is 0 Å². The van der Waals surface area contributed by atoms with Crippen LogP contribution in [0.25, 0.3) is 0 Å². The van der Waals surface area contributed by atoms with Gasteiger partial charge in [-0.1, -0.05) is 31.2 Å². The molecule has 1 heterocycles. The van der Waals surface area contributed by atoms with Crippen molar-refractivity contribution in [1.29, 1.82) is 0 Å². The van der Waals surface area contributed by atoms with Gasteiger partial charge < -0.3 is 10.1 Å². The molecule has 0 saturated carbocycles. The molecule has 24 heavy (non-hydrogen) atoms. The number of esters is 1. The van der Waals surface area contributed by atoms with E-state index in [9.17, 15) is 9.59 Å². The lowest BCUT2D eigenvalue weighted by Gasteiger charge is -2.14. The van der Waals surface area contributed by atoms with Gasteiger partial charge in [0.15, 0.2) is 6.61 Å². The Morgan fingerprint density at radius 1 is 1.29 bits per heavy atom. The lowest BCUT2D eigenvalue weighted by Crippen LogP contribution is -2.31. The first-order chi connectivity index (χ1) is 11.5. The Balaban J connectivity index is 1.76. The fourth-order valence-electron chi connectivity index (χ4n) is 2.24. The van der Waals surface area contributed by atoms with Crippen molar-refractivity contribution in [2.75, 3.05) is 6.61 Å². The Morgan fingerprint density at radius 2 is 2.00 bits per heavy atom. The van der Waals surface area contributed by atoms with Gasteiger partial charge in [0.05, 0.1) is 23.2 Å². The number of aromatic nitrogens is 1. The van der Waals surface area contributed by atoms with Gasteiger partial charge in [-0.3, -0.25) is 9.59 Å². The molecule has 0 spiro atoms. The smallest absolute Gasteiger partial charge is 0.312 e. The van der Waals surface area contributed by atoms with E-state index in [1.807, 2.05) is 43.5 Å². The van der Waals surface area contributed by atoms with E-state index in [2.05, 4.69) is 17.2 Å². The lowest BCUT2D eigenvalue weighted by atomic mass is 10.1. The first-order valence-electron chi connectivity index (χ1n) is 7.92. The quantitative estimate of drug-likeness (QED) is 0.783. The summed E-state index contributed by atoms with van der Waals surface area (Å²) >= 11 is 1.48. The number of ether oxygens (including phenoxy) is 1. The molecular formula is C18H22N2O3S. The van der Waals surface area contributed by atoms with Gasteiger partial charge in [0.25, 0.3) is 5.91 Å². The third-order valence-corrected chi connectivity index (χ3v) is 4.44. The van der Waals surface area contributed by atoms with E-state index in [0.29, 0.717) is 5.69 Å². The molecule has 0 saturated heterocycles. The molecule has 0 aliphatic carbocycles. The minimum Gasteiger partial charge on any atom is -0.455 e. The largest absolute Gasteiger partial charge is 0.455 e. The van der Waals surface area contributed by atoms with Crippen molar-refractivity contribution >= 4 is 23.2 Å². The molecule has 5 nitrogen and oxygen atoms in total. The van der Waals surface area contributed by atoms with Crippen molar-refractivity contribution in [3.63, 3.8) is 0 Å². The van der Waals surface area contributed by atoms with Crippen LogP contribution in [0.4, 0.5) is 0 Å². The summed E-state index contributed by atoms with van der Waals surface area (Å²) in [7, 11) is 0. The highest BCUT2D eigenvalue weighted by Crippen LogP contribution is 2.13. The molecular weight excluding hydrogens is 324 g/mol. The van der Waals surface area contributed by atoms with Gasteiger partial charge in [0.2, 0.25) is 0 Å². The molecule has 0 aliphatic heterocycles. The molecule has 6 heteroatoms. The van der Waals surface area contributed by atoms with Gasteiger partial charge in [0, 0.05) is 5.38 Å². The molecule has 128 valence electrons. The van der Waals surface area contributed by atoms with Gasteiger partial charge in [-0.05, 0) is 31.4 Å². The highest BCUT2D eigenvalue weighted by molar-refractivity contribution is 7.09. The van der Waals surface area contributed by atoms with Crippen LogP contribution in [0.15, 0.2) is 29.6 Å². The predicted molar refractivity (Wildman–Crippen MR) is 93.9 cm³/mol. The highest BCUT2D eigenvalue weighted by atomic mass is 32.1. The Kier molecular flexibility index (Phi) is 6.49. The number of carbonyl (C=O) groups is 2. The van der Waals surface area contributed by atoms with E-state index in [0.717, 1.165) is 17.0 Å². The van der Waals surface area contributed by atoms with Crippen molar-refractivity contribution in [2.45, 2.75) is 39.7 Å². The highest BCUT2D eigenvalue weighted by Gasteiger charge is 2.13. The zero-order valence-electron chi connectivity index (χ0n) is 14.2. The normalized spacial score (nSPS) is 11.8. The first-order valence-corrected chi connectivity index (χ1v) is 8.80. The van der Waals surface area contributed by atoms with Crippen molar-refractivity contribution in [3.8, 4) is 0 Å². The van der Waals surface area contributed by atoms with Crippen molar-refractivity contribution in [2.24, 2.45) is 0 Å². The van der Waals surface area contributed by atoms with Crippen molar-refractivity contribution < 1.29 is 14.3 Å². The Bertz CT molecular complexity index is 695. The number of benzene rings is 1. The summed E-state index contributed by atoms with van der Waals surface area (Å²) in [5, 5.41) is 5.55. The van der Waals surface area contributed by atoms with E-state index in [4.69, 9.17) is 4.74 Å². The molecule has 0 fully saturated rings. The molecule has 1 atom stereocenters. The predicted octanol–water partition coefficient (Wildman–Crippen LogP) is 2.98. The topological polar surface area (TPSA) is 68.3 Å². The Labute approximate surface area is 146 Å². The molecule has 1 N–H and O–H groups in total. The molecule has 0 unspecified atom stereocenters. The summed E-state index contributed by atoms with van der Waals surface area (Å²) in [6, 6.07) is 7.96. The third-order valence-electron chi connectivity index (χ3n) is 3.62. The number of hydrogen-bond acceptors (Lipinski definition) is 5. The SMILES string of the molecule is CCc1ccc([C@H](C)NC(=O)COC(=O)Cc2csc(C)n2)cc1. The van der Waals surface area contributed by atoms with E-state index < -0.39 is 5.97 Å². The number of nitrogens with one attached hydrogen (secondary N) is 1. The number of rotatable bonds is 7. The monoisotopic (exact) mass is 346 g/mol. The Morgan fingerprint density at radius 3 is 2.58 bits per heavy atom. The van der Waals surface area contributed by atoms with Gasteiger partial charge in [-0.25, -0.2) is 4.98 Å². The number of aryl methyl sites for hydroxylation is 2. The van der Waals surface area contributed by atoms with E-state index in [1.165, 1.54) is 16.9 Å². The standard InChI is InChI=1S/C18H22N2O3S/c1-4-14-5-7-15(8-6-14)12(2)19-17(21)10-23-18(22)9-16-11-24-13(3)20-16/h5-8,11-12H,4,9-10H2,1-3H3,(H,19,21)/t12-/m0/s1. The zero-order valence-corrected chi connectivity index (χ0v) is 15.0. The van der Waals surface area contributed by atoms with E-state index in [1.54, 1.807) is 0 Å². The van der Waals surface area contributed by atoms with Crippen LogP contribution in [0.3, 0.4) is 0 Å². The molecule has 1 amide bonds. The number of hydrogen-bond donors (Lipinski definition) is 1. The van der Waals surface area contributed by atoms with Gasteiger partial charge >= 0.3 is 5.97 Å². The summed E-state index contributed by atoms with van der Waals surface area (Å²) in [4.78, 5) is 27.8. The third kappa shape index (κ3) is 5.45. The van der Waals surface area contributed by atoms with Crippen LogP contribution in [0, 0.1) is 6.92 Å². The molecule has 0 radical (unpaired) electrons. The zero-order chi connectivity index (χ0) is 17.5. The average molecular weight is 346 g/mol. The van der Waals surface area contributed by atoms with Crippen molar-refractivity contribution in [1.82, 2.24) is 10.3 Å². The second kappa shape index (κ2) is 8.59. The lowest BCUT2D eigenvalue weighted by molar-refractivity contribution is -0.148. The maximum absolute atomic E-state index is 11.9. The fraction of sp³-hybridized carbons (Fsp3) is 0.389. The second-order valence-electron chi connectivity index (χ2n) is 5.58. The van der Waals surface area contributed by atoms with Gasteiger partial charge in [-0.15, -0.1) is 11.3 Å². The molecule has 1 aromatic carbocycles. The fourth-order valence-corrected chi connectivity index (χ4v) is 2.86. The summed E-state index contributed by atoms with van der Waals surface area (Å²) in [6.07, 6.45) is 1.07. The molecule has 0 aliphatic rings. The van der Waals surface area contributed by atoms with Crippen LogP contribution in [0.2, 0.25) is 0 Å². The number of thiazole rings is 1. The molecule has 2 rings (SSSR count). The Hall–Kier alpha value is -2.21. The van der Waals surface area contributed by atoms with Crippen LogP contribution >= 0.6 is 11.3 Å². The van der Waals surface area contributed by atoms with Crippen LogP contribution in [-0.4, -0.2) is 23.5 Å². The maximum atomic E-state index is 11.9. The van der Waals surface area contributed by atoms with Crippen LogP contribution in [0.5, 0.6) is 0 Å². The summed E-state index contributed by atoms with van der Waals surface area (Å²) in [6.45, 7) is 5.60. The average Bonchev–Trinajstić information content (AvgIpc) is 2.98. The number of nitrogens with zero attached hydrogens (tertiary/aromatic N) is 1. The van der Waals surface area contributed by atoms with Crippen LogP contribution < -0.4 is 5.32 Å². The van der Waals surface area contributed by atoms with Gasteiger partial charge in [0.1, 0.15) is 0 Å². The maximum Gasteiger partial charge on any atom is 0.312 e. The number of amides is 1. The minimum atomic E-state index is -0.449. The summed E-state index contributed by atoms with van der Waals surface area (Å²) < 4.78 is 5.00. The summed E-state index contributed by atoms with van der Waals surface area (Å²) in [5.41, 5.74) is 2.94. The molecule has 2 aromatic rings. The van der Waals surface area contributed by atoms with E-state index in [-0.39, 0.29) is 25.0 Å². The van der Waals surface area contributed by atoms with E-state index >= 15 is 0 Å². The first kappa shape index (κ1) is 18.1. The second-order valence-corrected chi connectivity index (χ2v) is 6.64. The summed E-state index contributed by atoms with van der Waals surface area (Å²) in [5.74, 6) is -0.764. The molecule has 0 bridgehead atoms. The molecule has 1 aromatic heterocycles.